The number of nitrogens with zero attached hydrogens (tertiary/aromatic N) is 2. The molecule has 8 heteroatoms. The maximum Gasteiger partial charge on any atom is 0.268 e. The molecule has 194 valence electrons. The van der Waals surface area contributed by atoms with E-state index < -0.39 is 14.2 Å². The Labute approximate surface area is 220 Å². The van der Waals surface area contributed by atoms with Crippen LogP contribution in [-0.4, -0.2) is 29.9 Å². The first kappa shape index (κ1) is 28.0. The quantitative estimate of drug-likeness (QED) is 0.268. The van der Waals surface area contributed by atoms with Crippen LogP contribution in [-0.2, 0) is 24.0 Å². The molecule has 0 fully saturated rings. The van der Waals surface area contributed by atoms with Crippen molar-refractivity contribution in [1.29, 1.82) is 0 Å². The Morgan fingerprint density at radius 2 is 1.89 bits per heavy atom. The molecule has 1 aromatic heterocycles. The second-order valence-electron chi connectivity index (χ2n) is 10.7. The van der Waals surface area contributed by atoms with E-state index in [1.165, 1.54) is 0 Å². The van der Waals surface area contributed by atoms with Crippen LogP contribution in [0.4, 0.5) is 0 Å². The third-order valence-corrected chi connectivity index (χ3v) is 11.6. The molecule has 2 N–H and O–H groups in total. The van der Waals surface area contributed by atoms with Crippen molar-refractivity contribution in [2.45, 2.75) is 77.4 Å². The van der Waals surface area contributed by atoms with Crippen LogP contribution in [0.1, 0.15) is 55.2 Å². The fourth-order valence-corrected chi connectivity index (χ4v) is 5.27. The number of imidazole rings is 1. The predicted molar refractivity (Wildman–Crippen MR) is 148 cm³/mol. The minimum absolute atomic E-state index is 0.0122. The fourth-order valence-electron chi connectivity index (χ4n) is 3.73. The molecule has 3 aromatic rings. The summed E-state index contributed by atoms with van der Waals surface area (Å²) in [6.45, 7) is 12.3. The average molecular weight is 528 g/mol. The number of primary amides is 1. The van der Waals surface area contributed by atoms with E-state index in [2.05, 4.69) is 38.8 Å². The van der Waals surface area contributed by atoms with Crippen molar-refractivity contribution in [3.8, 4) is 5.75 Å². The Kier molecular flexibility index (Phi) is 9.39. The normalized spacial score (nSPS) is 12.9. The number of benzene rings is 2. The number of carbonyl (C=O) groups excluding carboxylic acids is 1. The van der Waals surface area contributed by atoms with Crippen molar-refractivity contribution in [3.63, 3.8) is 0 Å². The van der Waals surface area contributed by atoms with Crippen molar-refractivity contribution in [1.82, 2.24) is 9.55 Å². The molecule has 6 nitrogen and oxygen atoms in total. The van der Waals surface area contributed by atoms with Gasteiger partial charge in [-0.3, -0.25) is 4.79 Å². The summed E-state index contributed by atoms with van der Waals surface area (Å²) in [6, 6.07) is 15.9. The first-order valence-electron chi connectivity index (χ1n) is 12.4. The van der Waals surface area contributed by atoms with Gasteiger partial charge in [0.15, 0.2) is 8.32 Å². The highest BCUT2D eigenvalue weighted by molar-refractivity contribution is 6.74. The number of nitrogens with two attached hydrogens (primary N) is 1. The summed E-state index contributed by atoms with van der Waals surface area (Å²) in [7, 11) is -2.00. The lowest BCUT2D eigenvalue weighted by atomic mass is 10.0. The van der Waals surface area contributed by atoms with Crippen LogP contribution in [0.3, 0.4) is 0 Å². The van der Waals surface area contributed by atoms with Gasteiger partial charge in [-0.05, 0) is 60.7 Å². The summed E-state index contributed by atoms with van der Waals surface area (Å²) < 4.78 is 14.8. The first-order chi connectivity index (χ1) is 16.9. The van der Waals surface area contributed by atoms with Crippen LogP contribution in [0, 0.1) is 0 Å². The number of aryl methyl sites for hydroxylation is 1. The number of hydrogen-bond donors (Lipinski definition) is 1. The van der Waals surface area contributed by atoms with Crippen molar-refractivity contribution in [3.05, 3.63) is 82.9 Å². The van der Waals surface area contributed by atoms with Gasteiger partial charge in [0.05, 0.1) is 12.4 Å². The van der Waals surface area contributed by atoms with Crippen LogP contribution in [0.5, 0.6) is 5.75 Å². The standard InChI is InChI=1S/C28H38ClN3O3Si/c1-28(2,3)36(4,5)35-24(17-32-18-25(27(30)33)31-20-32)13-9-12-22-14-15-23(29)16-26(22)34-19-21-10-7-6-8-11-21/h6-8,10-11,14-16,18,20,24H,9,12-13,17,19H2,1-5H3,(H2,30,33). The molecule has 1 unspecified atom stereocenters. The van der Waals surface area contributed by atoms with Gasteiger partial charge in [0.1, 0.15) is 18.1 Å². The highest BCUT2D eigenvalue weighted by atomic mass is 35.5. The minimum Gasteiger partial charge on any atom is -0.489 e. The number of carbonyl (C=O) groups is 1. The third-order valence-electron chi connectivity index (χ3n) is 6.81. The van der Waals surface area contributed by atoms with Gasteiger partial charge in [0, 0.05) is 17.8 Å². The number of rotatable bonds is 12. The van der Waals surface area contributed by atoms with E-state index in [9.17, 15) is 4.79 Å². The van der Waals surface area contributed by atoms with Crippen molar-refractivity contribution in [2.75, 3.05) is 0 Å². The molecule has 0 aliphatic rings. The molecule has 0 aliphatic heterocycles. The van der Waals surface area contributed by atoms with Gasteiger partial charge in [-0.15, -0.1) is 0 Å². The van der Waals surface area contributed by atoms with E-state index >= 15 is 0 Å². The molecular formula is C28H38ClN3O3Si. The first-order valence-corrected chi connectivity index (χ1v) is 15.7. The largest absolute Gasteiger partial charge is 0.489 e. The molecule has 2 aromatic carbocycles. The monoisotopic (exact) mass is 527 g/mol. The second kappa shape index (κ2) is 12.1. The summed E-state index contributed by atoms with van der Waals surface area (Å²) in [5.41, 5.74) is 7.89. The summed E-state index contributed by atoms with van der Waals surface area (Å²) >= 11 is 6.28. The predicted octanol–water partition coefficient (Wildman–Crippen LogP) is 6.63. The number of amides is 1. The van der Waals surface area contributed by atoms with Crippen molar-refractivity contribution in [2.24, 2.45) is 5.73 Å². The maximum atomic E-state index is 11.5. The molecule has 36 heavy (non-hydrogen) atoms. The lowest BCUT2D eigenvalue weighted by Crippen LogP contribution is -2.44. The zero-order chi connectivity index (χ0) is 26.3. The molecule has 3 rings (SSSR count). The van der Waals surface area contributed by atoms with Gasteiger partial charge in [-0.1, -0.05) is 68.8 Å². The van der Waals surface area contributed by atoms with Gasteiger partial charge in [-0.25, -0.2) is 4.98 Å². The Bertz CT molecular complexity index is 1140. The zero-order valence-corrected chi connectivity index (χ0v) is 23.7. The van der Waals surface area contributed by atoms with Gasteiger partial charge < -0.3 is 19.5 Å². The highest BCUT2D eigenvalue weighted by Gasteiger charge is 2.39. The molecule has 0 radical (unpaired) electrons. The molecule has 0 aliphatic carbocycles. The van der Waals surface area contributed by atoms with E-state index in [1.807, 2.05) is 53.1 Å². The summed E-state index contributed by atoms with van der Waals surface area (Å²) in [5.74, 6) is 0.287. The number of aromatic nitrogens is 2. The highest BCUT2D eigenvalue weighted by Crippen LogP contribution is 2.38. The SMILES string of the molecule is CC(C)(C)[Si](C)(C)OC(CCCc1ccc(Cl)cc1OCc1ccccc1)Cn1cnc(C(N)=O)c1. The van der Waals surface area contributed by atoms with Gasteiger partial charge in [-0.2, -0.15) is 0 Å². The maximum absolute atomic E-state index is 11.5. The third kappa shape index (κ3) is 7.95. The van der Waals surface area contributed by atoms with E-state index in [0.29, 0.717) is 18.2 Å². The Hall–Kier alpha value is -2.61. The smallest absolute Gasteiger partial charge is 0.268 e. The fraction of sp³-hybridized carbons (Fsp3) is 0.429. The van der Waals surface area contributed by atoms with Crippen LogP contribution in [0.15, 0.2) is 61.1 Å². The molecular weight excluding hydrogens is 490 g/mol. The van der Waals surface area contributed by atoms with Crippen LogP contribution in [0.2, 0.25) is 23.2 Å². The zero-order valence-electron chi connectivity index (χ0n) is 22.0. The lowest BCUT2D eigenvalue weighted by Gasteiger charge is -2.39. The molecule has 0 bridgehead atoms. The molecule has 0 saturated carbocycles. The average Bonchev–Trinajstić information content (AvgIpc) is 3.27. The number of hydrogen-bond acceptors (Lipinski definition) is 4. The van der Waals surface area contributed by atoms with Gasteiger partial charge in [0.2, 0.25) is 0 Å². The minimum atomic E-state index is -2.00. The Balaban J connectivity index is 1.69. The summed E-state index contributed by atoms with van der Waals surface area (Å²) in [6.07, 6.45) is 5.95. The van der Waals surface area contributed by atoms with Gasteiger partial charge in [0.25, 0.3) is 5.91 Å². The lowest BCUT2D eigenvalue weighted by molar-refractivity contribution is 0.0995. The topological polar surface area (TPSA) is 79.4 Å². The molecule has 1 heterocycles. The molecule has 1 atom stereocenters. The molecule has 1 amide bonds. The van der Waals surface area contributed by atoms with Crippen molar-refractivity contribution >= 4 is 25.8 Å². The summed E-state index contributed by atoms with van der Waals surface area (Å²) in [5, 5.41) is 0.749. The van der Waals surface area contributed by atoms with Crippen LogP contribution < -0.4 is 10.5 Å². The van der Waals surface area contributed by atoms with E-state index in [0.717, 1.165) is 36.1 Å². The van der Waals surface area contributed by atoms with Crippen LogP contribution >= 0.6 is 11.6 Å². The summed E-state index contributed by atoms with van der Waals surface area (Å²) in [4.78, 5) is 15.6. The number of halogens is 1. The number of ether oxygens (including phenoxy) is 1. The Morgan fingerprint density at radius 3 is 2.53 bits per heavy atom. The Morgan fingerprint density at radius 1 is 1.17 bits per heavy atom. The van der Waals surface area contributed by atoms with Gasteiger partial charge >= 0.3 is 0 Å². The van der Waals surface area contributed by atoms with E-state index in [-0.39, 0.29) is 16.8 Å². The van der Waals surface area contributed by atoms with E-state index in [1.54, 1.807) is 12.5 Å². The van der Waals surface area contributed by atoms with Crippen molar-refractivity contribution < 1.29 is 14.0 Å². The molecule has 0 spiro atoms. The van der Waals surface area contributed by atoms with E-state index in [4.69, 9.17) is 26.5 Å². The molecule has 0 saturated heterocycles. The second-order valence-corrected chi connectivity index (χ2v) is 15.9. The van der Waals surface area contributed by atoms with Crippen LogP contribution in [0.25, 0.3) is 0 Å².